The number of hydrogen-bond acceptors (Lipinski definition) is 5. The summed E-state index contributed by atoms with van der Waals surface area (Å²) in [5, 5.41) is 2.72. The Hall–Kier alpha value is -2.76. The number of rotatable bonds is 8. The van der Waals surface area contributed by atoms with Gasteiger partial charge >= 0.3 is 5.97 Å². The van der Waals surface area contributed by atoms with Crippen molar-refractivity contribution in [3.8, 4) is 0 Å². The van der Waals surface area contributed by atoms with E-state index in [9.17, 15) is 9.59 Å². The zero-order chi connectivity index (χ0) is 17.4. The number of amides is 1. The number of hydrogen-bond donors (Lipinski definition) is 1. The minimum absolute atomic E-state index is 0.187. The summed E-state index contributed by atoms with van der Waals surface area (Å²) in [6, 6.07) is 11.4. The number of benzene rings is 1. The lowest BCUT2D eigenvalue weighted by atomic mass is 10.2. The topological polar surface area (TPSA) is 71.8 Å². The molecule has 0 bridgehead atoms. The van der Waals surface area contributed by atoms with Crippen LogP contribution in [0.1, 0.15) is 17.7 Å². The van der Waals surface area contributed by atoms with E-state index in [0.29, 0.717) is 13.0 Å². The first-order valence-corrected chi connectivity index (χ1v) is 7.75. The Morgan fingerprint density at radius 2 is 1.92 bits per heavy atom. The minimum Gasteiger partial charge on any atom is -0.469 e. The molecule has 6 heteroatoms. The average molecular weight is 330 g/mol. The second-order valence-corrected chi connectivity index (χ2v) is 5.58. The number of anilines is 1. The molecule has 0 aliphatic carbocycles. The first-order valence-electron chi connectivity index (χ1n) is 7.75. The van der Waals surface area contributed by atoms with Gasteiger partial charge in [-0.2, -0.15) is 0 Å². The minimum atomic E-state index is -0.420. The number of aryl methyl sites for hydroxylation is 1. The van der Waals surface area contributed by atoms with E-state index in [1.54, 1.807) is 18.4 Å². The predicted molar refractivity (Wildman–Crippen MR) is 90.6 cm³/mol. The summed E-state index contributed by atoms with van der Waals surface area (Å²) < 4.78 is 10.1. The van der Waals surface area contributed by atoms with Crippen molar-refractivity contribution in [2.75, 3.05) is 25.6 Å². The largest absolute Gasteiger partial charge is 0.469 e. The Labute approximate surface area is 141 Å². The van der Waals surface area contributed by atoms with Crippen molar-refractivity contribution in [1.82, 2.24) is 5.32 Å². The van der Waals surface area contributed by atoms with Gasteiger partial charge in [-0.25, -0.2) is 0 Å². The van der Waals surface area contributed by atoms with Crippen molar-refractivity contribution in [1.29, 1.82) is 0 Å². The highest BCUT2D eigenvalue weighted by molar-refractivity contribution is 5.80. The molecule has 1 N–H and O–H groups in total. The molecule has 0 aliphatic heterocycles. The monoisotopic (exact) mass is 330 g/mol. The van der Waals surface area contributed by atoms with E-state index < -0.39 is 5.97 Å². The molecule has 2 aromatic rings. The van der Waals surface area contributed by atoms with Crippen LogP contribution in [0, 0.1) is 0 Å². The highest BCUT2D eigenvalue weighted by Gasteiger charge is 2.08. The van der Waals surface area contributed by atoms with Gasteiger partial charge in [0.05, 0.1) is 12.7 Å². The number of furan rings is 1. The lowest BCUT2D eigenvalue weighted by Gasteiger charge is -2.13. The molecule has 24 heavy (non-hydrogen) atoms. The highest BCUT2D eigenvalue weighted by Crippen LogP contribution is 2.11. The maximum atomic E-state index is 11.7. The van der Waals surface area contributed by atoms with Gasteiger partial charge < -0.3 is 19.4 Å². The van der Waals surface area contributed by atoms with Crippen LogP contribution in [0.5, 0.6) is 0 Å². The Morgan fingerprint density at radius 3 is 2.54 bits per heavy atom. The van der Waals surface area contributed by atoms with Gasteiger partial charge in [0, 0.05) is 32.7 Å². The van der Waals surface area contributed by atoms with Crippen LogP contribution in [0.4, 0.5) is 5.69 Å². The van der Waals surface area contributed by atoms with Gasteiger partial charge in [-0.3, -0.25) is 9.59 Å². The summed E-state index contributed by atoms with van der Waals surface area (Å²) in [5.74, 6) is -0.0208. The van der Waals surface area contributed by atoms with Crippen LogP contribution < -0.4 is 10.2 Å². The predicted octanol–water partition coefficient (Wildman–Crippen LogP) is 2.14. The van der Waals surface area contributed by atoms with Gasteiger partial charge in [0.1, 0.15) is 5.76 Å². The summed E-state index contributed by atoms with van der Waals surface area (Å²) in [6.07, 6.45) is 2.21. The first-order chi connectivity index (χ1) is 11.5. The van der Waals surface area contributed by atoms with E-state index in [-0.39, 0.29) is 18.9 Å². The summed E-state index contributed by atoms with van der Waals surface area (Å²) >= 11 is 0. The summed E-state index contributed by atoms with van der Waals surface area (Å²) in [4.78, 5) is 25.3. The van der Waals surface area contributed by atoms with E-state index in [2.05, 4.69) is 5.32 Å². The fourth-order valence-electron chi connectivity index (χ4n) is 2.06. The smallest absolute Gasteiger partial charge is 0.306 e. The SMILES string of the molecule is CN(C)c1ccc(CNC(=O)COC(=O)CCc2ccco2)cc1. The van der Waals surface area contributed by atoms with Gasteiger partial charge in [-0.15, -0.1) is 0 Å². The molecule has 0 spiro atoms. The number of carbonyl (C=O) groups excluding carboxylic acids is 2. The summed E-state index contributed by atoms with van der Waals surface area (Å²) in [5.41, 5.74) is 2.08. The van der Waals surface area contributed by atoms with Gasteiger partial charge in [-0.05, 0) is 29.8 Å². The third kappa shape index (κ3) is 5.79. The molecule has 128 valence electrons. The van der Waals surface area contributed by atoms with Gasteiger partial charge in [0.25, 0.3) is 5.91 Å². The van der Waals surface area contributed by atoms with Crippen molar-refractivity contribution >= 4 is 17.6 Å². The van der Waals surface area contributed by atoms with Gasteiger partial charge in [0.15, 0.2) is 6.61 Å². The fourth-order valence-corrected chi connectivity index (χ4v) is 2.06. The molecule has 0 aliphatic rings. The summed E-state index contributed by atoms with van der Waals surface area (Å²) in [6.45, 7) is 0.128. The Balaban J connectivity index is 1.64. The molecule has 1 aromatic carbocycles. The van der Waals surface area contributed by atoms with Crippen LogP contribution >= 0.6 is 0 Å². The molecule has 0 unspecified atom stereocenters. The highest BCUT2D eigenvalue weighted by atomic mass is 16.5. The molecule has 1 amide bonds. The quantitative estimate of drug-likeness (QED) is 0.751. The Kier molecular flexibility index (Phi) is 6.42. The Morgan fingerprint density at radius 1 is 1.17 bits per heavy atom. The molecule has 1 aromatic heterocycles. The van der Waals surface area contributed by atoms with Crippen LogP contribution in [0.2, 0.25) is 0 Å². The van der Waals surface area contributed by atoms with Gasteiger partial charge in [-0.1, -0.05) is 12.1 Å². The zero-order valence-corrected chi connectivity index (χ0v) is 14.0. The molecule has 1 heterocycles. The van der Waals surface area contributed by atoms with E-state index in [1.807, 2.05) is 43.3 Å². The number of nitrogens with zero attached hydrogens (tertiary/aromatic N) is 1. The van der Waals surface area contributed by atoms with Crippen molar-refractivity contribution in [3.63, 3.8) is 0 Å². The molecule has 0 saturated carbocycles. The molecule has 0 radical (unpaired) electrons. The standard InChI is InChI=1S/C18H22N2O4/c1-20(2)15-7-5-14(6-8-15)12-19-17(21)13-24-18(22)10-9-16-4-3-11-23-16/h3-8,11H,9-10,12-13H2,1-2H3,(H,19,21). The third-order valence-corrected chi connectivity index (χ3v) is 3.46. The van der Waals surface area contributed by atoms with Crippen molar-refractivity contribution < 1.29 is 18.7 Å². The van der Waals surface area contributed by atoms with E-state index in [0.717, 1.165) is 17.0 Å². The van der Waals surface area contributed by atoms with Crippen LogP contribution in [0.25, 0.3) is 0 Å². The van der Waals surface area contributed by atoms with E-state index >= 15 is 0 Å². The first kappa shape index (κ1) is 17.6. The normalized spacial score (nSPS) is 10.2. The lowest BCUT2D eigenvalue weighted by Crippen LogP contribution is -2.28. The number of esters is 1. The molecule has 0 fully saturated rings. The van der Waals surface area contributed by atoms with Crippen LogP contribution in [0.3, 0.4) is 0 Å². The zero-order valence-electron chi connectivity index (χ0n) is 14.0. The maximum absolute atomic E-state index is 11.7. The molecule has 6 nitrogen and oxygen atoms in total. The van der Waals surface area contributed by atoms with Crippen LogP contribution in [0.15, 0.2) is 47.1 Å². The van der Waals surface area contributed by atoms with Crippen LogP contribution in [-0.4, -0.2) is 32.6 Å². The number of nitrogens with one attached hydrogen (secondary N) is 1. The van der Waals surface area contributed by atoms with Gasteiger partial charge in [0.2, 0.25) is 0 Å². The second-order valence-electron chi connectivity index (χ2n) is 5.58. The van der Waals surface area contributed by atoms with E-state index in [1.165, 1.54) is 0 Å². The van der Waals surface area contributed by atoms with E-state index in [4.69, 9.17) is 9.15 Å². The number of carbonyl (C=O) groups is 2. The maximum Gasteiger partial charge on any atom is 0.306 e. The molecular weight excluding hydrogens is 308 g/mol. The fraction of sp³-hybridized carbons (Fsp3) is 0.333. The summed E-state index contributed by atoms with van der Waals surface area (Å²) in [7, 11) is 3.94. The van der Waals surface area contributed by atoms with Crippen LogP contribution in [-0.2, 0) is 27.3 Å². The molecular formula is C18H22N2O4. The second kappa shape index (κ2) is 8.76. The third-order valence-electron chi connectivity index (χ3n) is 3.46. The van der Waals surface area contributed by atoms with Crippen molar-refractivity contribution in [2.24, 2.45) is 0 Å². The lowest BCUT2D eigenvalue weighted by molar-refractivity contribution is -0.148. The van der Waals surface area contributed by atoms with Crippen molar-refractivity contribution in [3.05, 3.63) is 54.0 Å². The molecule has 0 saturated heterocycles. The number of ether oxygens (including phenoxy) is 1. The Bertz CT molecular complexity index is 648. The molecule has 2 rings (SSSR count). The molecule has 0 atom stereocenters. The average Bonchev–Trinajstić information content (AvgIpc) is 3.10. The van der Waals surface area contributed by atoms with Crippen molar-refractivity contribution in [2.45, 2.75) is 19.4 Å².